The number of halogens is 1. The second kappa shape index (κ2) is 9.21. The fraction of sp³-hybridized carbons (Fsp3) is 0.450. The van der Waals surface area contributed by atoms with Crippen LogP contribution in [0.4, 0.5) is 22.2 Å². The third-order valence-corrected chi connectivity index (χ3v) is 5.22. The number of amides is 2. The summed E-state index contributed by atoms with van der Waals surface area (Å²) in [5.41, 5.74) is 2.34. The smallest absolute Gasteiger partial charge is 0.326 e. The first-order valence-corrected chi connectivity index (χ1v) is 9.99. The predicted molar refractivity (Wildman–Crippen MR) is 114 cm³/mol. The van der Waals surface area contributed by atoms with Crippen LogP contribution in [-0.4, -0.2) is 46.6 Å². The molecule has 1 saturated heterocycles. The van der Waals surface area contributed by atoms with Crippen LogP contribution in [0, 0.1) is 13.8 Å². The van der Waals surface area contributed by atoms with E-state index < -0.39 is 6.03 Å². The summed E-state index contributed by atoms with van der Waals surface area (Å²) in [4.78, 5) is 23.5. The molecule has 1 aliphatic heterocycles. The first-order valence-electron chi connectivity index (χ1n) is 9.61. The normalized spacial score (nSPS) is 17.2. The molecule has 1 aromatic carbocycles. The van der Waals surface area contributed by atoms with Gasteiger partial charge in [-0.25, -0.2) is 9.78 Å². The highest BCUT2D eigenvalue weighted by Gasteiger charge is 2.19. The van der Waals surface area contributed by atoms with Crippen molar-refractivity contribution in [3.05, 3.63) is 40.5 Å². The molecule has 0 bridgehead atoms. The van der Waals surface area contributed by atoms with Gasteiger partial charge in [0.25, 0.3) is 0 Å². The summed E-state index contributed by atoms with van der Waals surface area (Å²) >= 11 is 6.02. The van der Waals surface area contributed by atoms with Gasteiger partial charge in [-0.15, -0.1) is 0 Å². The van der Waals surface area contributed by atoms with Crippen molar-refractivity contribution in [2.75, 3.05) is 35.6 Å². The van der Waals surface area contributed by atoms with Crippen LogP contribution in [0.5, 0.6) is 0 Å². The molecule has 1 unspecified atom stereocenters. The number of carbonyl (C=O) groups is 1. The Morgan fingerprint density at radius 2 is 2.07 bits per heavy atom. The van der Waals surface area contributed by atoms with Crippen molar-refractivity contribution in [3.8, 4) is 0 Å². The van der Waals surface area contributed by atoms with Gasteiger partial charge in [0.1, 0.15) is 5.82 Å². The molecule has 2 aromatic rings. The number of hydrogen-bond acceptors (Lipinski definition) is 5. The van der Waals surface area contributed by atoms with Crippen LogP contribution in [0.1, 0.15) is 31.0 Å². The second-order valence-electron chi connectivity index (χ2n) is 7.14. The third kappa shape index (κ3) is 5.56. The van der Waals surface area contributed by atoms with Gasteiger partial charge in [-0.2, -0.15) is 4.98 Å². The van der Waals surface area contributed by atoms with Crippen molar-refractivity contribution in [2.45, 2.75) is 39.7 Å². The van der Waals surface area contributed by atoms with Gasteiger partial charge in [0.15, 0.2) is 0 Å². The average molecular weight is 403 g/mol. The Morgan fingerprint density at radius 3 is 2.82 bits per heavy atom. The number of aromatic nitrogens is 2. The molecule has 3 N–H and O–H groups in total. The van der Waals surface area contributed by atoms with E-state index in [9.17, 15) is 4.79 Å². The molecular formula is C20H27ClN6O. The lowest BCUT2D eigenvalue weighted by Gasteiger charge is -2.32. The molecule has 7 nitrogen and oxygen atoms in total. The van der Waals surface area contributed by atoms with Crippen molar-refractivity contribution in [2.24, 2.45) is 0 Å². The van der Waals surface area contributed by atoms with Crippen LogP contribution in [0.15, 0.2) is 24.3 Å². The van der Waals surface area contributed by atoms with Gasteiger partial charge in [-0.05, 0) is 63.5 Å². The van der Waals surface area contributed by atoms with Gasteiger partial charge < -0.3 is 15.5 Å². The molecule has 0 radical (unpaired) electrons. The van der Waals surface area contributed by atoms with Gasteiger partial charge in [-0.1, -0.05) is 18.5 Å². The van der Waals surface area contributed by atoms with E-state index in [1.807, 2.05) is 26.0 Å². The minimum atomic E-state index is -0.395. The van der Waals surface area contributed by atoms with Gasteiger partial charge in [0.05, 0.1) is 0 Å². The molecule has 2 amide bonds. The quantitative estimate of drug-likeness (QED) is 0.695. The number of hydrogen-bond donors (Lipinski definition) is 3. The van der Waals surface area contributed by atoms with Gasteiger partial charge in [0, 0.05) is 35.1 Å². The molecule has 150 valence electrons. The zero-order valence-electron chi connectivity index (χ0n) is 16.6. The molecule has 1 fully saturated rings. The number of nitrogens with one attached hydrogen (secondary N) is 3. The van der Waals surface area contributed by atoms with Crippen molar-refractivity contribution < 1.29 is 4.79 Å². The highest BCUT2D eigenvalue weighted by molar-refractivity contribution is 6.31. The molecule has 28 heavy (non-hydrogen) atoms. The lowest BCUT2D eigenvalue weighted by molar-refractivity contribution is 0.226. The Labute approximate surface area is 170 Å². The maximum absolute atomic E-state index is 12.3. The molecule has 1 aliphatic rings. The summed E-state index contributed by atoms with van der Waals surface area (Å²) in [7, 11) is 0. The van der Waals surface area contributed by atoms with Crippen molar-refractivity contribution in [1.29, 1.82) is 0 Å². The number of carbonyl (C=O) groups excluding carboxylic acids is 1. The number of likely N-dealkylation sites (tertiary alicyclic amines) is 1. The molecule has 3 rings (SSSR count). The van der Waals surface area contributed by atoms with E-state index in [1.54, 1.807) is 12.1 Å². The Bertz CT molecular complexity index is 843. The van der Waals surface area contributed by atoms with Crippen LogP contribution >= 0.6 is 11.6 Å². The summed E-state index contributed by atoms with van der Waals surface area (Å²) in [5, 5.41) is 9.63. The molecule has 0 aliphatic carbocycles. The number of nitrogens with zero attached hydrogens (tertiary/aromatic N) is 3. The van der Waals surface area contributed by atoms with E-state index in [0.29, 0.717) is 16.8 Å². The van der Waals surface area contributed by atoms with E-state index in [-0.39, 0.29) is 5.95 Å². The number of likely N-dealkylation sites (N-methyl/N-ethyl adjacent to an activating group) is 1. The Balaban J connectivity index is 1.63. The predicted octanol–water partition coefficient (Wildman–Crippen LogP) is 4.29. The summed E-state index contributed by atoms with van der Waals surface area (Å²) in [5.74, 6) is 1.00. The van der Waals surface area contributed by atoms with Gasteiger partial charge >= 0.3 is 6.03 Å². The zero-order chi connectivity index (χ0) is 20.1. The molecular weight excluding hydrogens is 376 g/mol. The lowest BCUT2D eigenvalue weighted by Crippen LogP contribution is -2.42. The summed E-state index contributed by atoms with van der Waals surface area (Å²) in [6, 6.07) is 7.17. The van der Waals surface area contributed by atoms with Gasteiger partial charge in [-0.3, -0.25) is 5.32 Å². The van der Waals surface area contributed by atoms with Crippen LogP contribution in [-0.2, 0) is 0 Å². The summed E-state index contributed by atoms with van der Waals surface area (Å²) in [6.07, 6.45) is 2.28. The first-order chi connectivity index (χ1) is 13.4. The summed E-state index contributed by atoms with van der Waals surface area (Å²) < 4.78 is 0. The van der Waals surface area contributed by atoms with E-state index in [0.717, 1.165) is 43.1 Å². The van der Waals surface area contributed by atoms with Crippen molar-refractivity contribution in [3.63, 3.8) is 0 Å². The molecule has 1 atom stereocenters. The van der Waals surface area contributed by atoms with Crippen LogP contribution < -0.4 is 16.0 Å². The Kier molecular flexibility index (Phi) is 6.70. The largest absolute Gasteiger partial charge is 0.366 e. The number of urea groups is 1. The maximum atomic E-state index is 12.3. The average Bonchev–Trinajstić information content (AvgIpc) is 2.64. The standard InChI is InChI=1S/C20H27ClN6O/c1-4-27-9-5-6-16(12-27)23-18-11-14(3)22-19(25-18)26-20(28)24-15-7-8-17(21)13(2)10-15/h7-8,10-11,16H,4-6,9,12H2,1-3H3,(H3,22,23,24,25,26,28). The van der Waals surface area contributed by atoms with Crippen LogP contribution in [0.3, 0.4) is 0 Å². The number of benzene rings is 1. The third-order valence-electron chi connectivity index (χ3n) is 4.80. The van der Waals surface area contributed by atoms with E-state index in [2.05, 4.69) is 37.7 Å². The number of anilines is 3. The fourth-order valence-electron chi connectivity index (χ4n) is 3.35. The minimum Gasteiger partial charge on any atom is -0.366 e. The monoisotopic (exact) mass is 402 g/mol. The Hall–Kier alpha value is -2.38. The second-order valence-corrected chi connectivity index (χ2v) is 7.55. The molecule has 2 heterocycles. The van der Waals surface area contributed by atoms with Crippen LogP contribution in [0.25, 0.3) is 0 Å². The minimum absolute atomic E-state index is 0.272. The molecule has 8 heteroatoms. The first kappa shape index (κ1) is 20.4. The van der Waals surface area contributed by atoms with E-state index >= 15 is 0 Å². The number of aryl methyl sites for hydroxylation is 2. The molecule has 1 aromatic heterocycles. The lowest BCUT2D eigenvalue weighted by atomic mass is 10.1. The van der Waals surface area contributed by atoms with Gasteiger partial charge in [0.2, 0.25) is 5.95 Å². The maximum Gasteiger partial charge on any atom is 0.326 e. The number of rotatable bonds is 5. The number of piperidine rings is 1. The fourth-order valence-corrected chi connectivity index (χ4v) is 3.47. The molecule has 0 saturated carbocycles. The SMILES string of the molecule is CCN1CCCC(Nc2cc(C)nc(NC(=O)Nc3ccc(Cl)c(C)c3)n2)C1. The van der Waals surface area contributed by atoms with Crippen molar-refractivity contribution >= 4 is 35.1 Å². The van der Waals surface area contributed by atoms with E-state index in [4.69, 9.17) is 11.6 Å². The zero-order valence-corrected chi connectivity index (χ0v) is 17.3. The highest BCUT2D eigenvalue weighted by atomic mass is 35.5. The summed E-state index contributed by atoms with van der Waals surface area (Å²) in [6.45, 7) is 9.15. The highest BCUT2D eigenvalue weighted by Crippen LogP contribution is 2.20. The topological polar surface area (TPSA) is 82.2 Å². The Morgan fingerprint density at radius 1 is 1.25 bits per heavy atom. The van der Waals surface area contributed by atoms with Crippen molar-refractivity contribution in [1.82, 2.24) is 14.9 Å². The van der Waals surface area contributed by atoms with E-state index in [1.165, 1.54) is 6.42 Å². The molecule has 0 spiro atoms. The van der Waals surface area contributed by atoms with Crippen LogP contribution in [0.2, 0.25) is 5.02 Å².